The molecule has 0 unspecified atom stereocenters. The zero-order valence-electron chi connectivity index (χ0n) is 11.6. The summed E-state index contributed by atoms with van der Waals surface area (Å²) in [5.74, 6) is -0.246. The van der Waals surface area contributed by atoms with Gasteiger partial charge in [-0.2, -0.15) is 24.1 Å². The summed E-state index contributed by atoms with van der Waals surface area (Å²) in [5.41, 5.74) is 1.56. The minimum absolute atomic E-state index is 0. The molecule has 2 amide bonds. The molecule has 0 aliphatic carbocycles. The number of thioether (sulfide) groups is 1. The van der Waals surface area contributed by atoms with Crippen molar-refractivity contribution < 1.29 is 61.0 Å². The molecule has 1 saturated heterocycles. The van der Waals surface area contributed by atoms with E-state index in [9.17, 15) is 9.59 Å². The van der Waals surface area contributed by atoms with E-state index in [4.69, 9.17) is 0 Å². The number of hydrogen-bond donors (Lipinski definition) is 0. The van der Waals surface area contributed by atoms with E-state index in [0.717, 1.165) is 17.3 Å². The number of likely N-dealkylation sites (N-methyl/N-ethyl adjacent to an activating group) is 1. The molecule has 0 spiro atoms. The van der Waals surface area contributed by atoms with Gasteiger partial charge in [0.2, 0.25) is 0 Å². The summed E-state index contributed by atoms with van der Waals surface area (Å²) in [5, 5.41) is -0.224. The van der Waals surface area contributed by atoms with Crippen LogP contribution in [-0.4, -0.2) is 22.6 Å². The summed E-state index contributed by atoms with van der Waals surface area (Å²) in [6.07, 6.45) is 3.46. The van der Waals surface area contributed by atoms with Crippen molar-refractivity contribution in [2.24, 2.45) is 0 Å². The van der Waals surface area contributed by atoms with Crippen LogP contribution in [0.25, 0.3) is 6.08 Å². The van der Waals surface area contributed by atoms with Crippen molar-refractivity contribution in [3.05, 3.63) is 59.4 Å². The Morgan fingerprint density at radius 2 is 2.20 bits per heavy atom. The summed E-state index contributed by atoms with van der Waals surface area (Å²) in [7, 11) is 0. The van der Waals surface area contributed by atoms with E-state index in [0.29, 0.717) is 17.0 Å². The second kappa shape index (κ2) is 8.22. The number of imide groups is 1. The summed E-state index contributed by atoms with van der Waals surface area (Å²) >= 11 is 0.953. The molecule has 1 aliphatic heterocycles. The van der Waals surface area contributed by atoms with Gasteiger partial charge in [-0.15, -0.1) is 36.4 Å². The van der Waals surface area contributed by atoms with Crippen molar-refractivity contribution in [2.75, 3.05) is 6.54 Å². The maximum Gasteiger partial charge on any atom is 1.00 e. The van der Waals surface area contributed by atoms with Crippen molar-refractivity contribution in [2.45, 2.75) is 6.92 Å². The molecule has 0 bridgehead atoms. The average molecular weight is 310 g/mol. The van der Waals surface area contributed by atoms with Crippen LogP contribution in [0.5, 0.6) is 0 Å². The fraction of sp³-hybridized carbons (Fsp3) is 0.133. The fourth-order valence-corrected chi connectivity index (χ4v) is 2.60. The minimum Gasteiger partial charge on any atom is -0.270 e. The molecule has 1 aliphatic rings. The first kappa shape index (κ1) is 17.7. The molecule has 0 N–H and O–H groups in total. The Labute approximate surface area is 165 Å². The third kappa shape index (κ3) is 4.34. The molecule has 2 rings (SSSR count). The van der Waals surface area contributed by atoms with Crippen LogP contribution in [-0.2, 0) is 4.79 Å². The van der Waals surface area contributed by atoms with Gasteiger partial charge in [0.15, 0.2) is 0 Å². The van der Waals surface area contributed by atoms with E-state index in [2.05, 4.69) is 13.0 Å². The van der Waals surface area contributed by atoms with Gasteiger partial charge in [0.05, 0.1) is 0 Å². The Morgan fingerprint density at radius 3 is 2.75 bits per heavy atom. The van der Waals surface area contributed by atoms with Crippen LogP contribution >= 0.6 is 11.8 Å². The number of carbonyl (C=O) groups is 2. The fourth-order valence-electron chi connectivity index (χ4n) is 1.68. The molecule has 1 aromatic carbocycles. The molecular weight excluding hydrogens is 297 g/mol. The van der Waals surface area contributed by atoms with Crippen LogP contribution < -0.4 is 51.4 Å². The molecule has 5 heteroatoms. The van der Waals surface area contributed by atoms with Gasteiger partial charge in [0, 0.05) is 11.4 Å². The molecular formula is C15H13KNO2S-. The maximum atomic E-state index is 11.9. The SMILES string of the molecule is [CH2-]C(=C\c1[c-]cccc1)/C=C1/SC(=O)N(CC)C1=O.[K+]. The quantitative estimate of drug-likeness (QED) is 0.458. The largest absolute Gasteiger partial charge is 1.00 e. The summed E-state index contributed by atoms with van der Waals surface area (Å²) in [6.45, 7) is 6.05. The van der Waals surface area contributed by atoms with Crippen LogP contribution in [0.1, 0.15) is 12.5 Å². The van der Waals surface area contributed by atoms with Gasteiger partial charge in [-0.25, -0.2) is 0 Å². The summed E-state index contributed by atoms with van der Waals surface area (Å²) < 4.78 is 0. The first-order valence-electron chi connectivity index (χ1n) is 5.87. The third-order valence-electron chi connectivity index (χ3n) is 2.58. The van der Waals surface area contributed by atoms with E-state index in [1.165, 1.54) is 4.90 Å². The van der Waals surface area contributed by atoms with Crippen LogP contribution in [0.15, 0.2) is 40.8 Å². The van der Waals surface area contributed by atoms with Gasteiger partial charge in [-0.3, -0.25) is 14.5 Å². The van der Waals surface area contributed by atoms with E-state index >= 15 is 0 Å². The number of nitrogens with zero attached hydrogens (tertiary/aromatic N) is 1. The van der Waals surface area contributed by atoms with Crippen molar-refractivity contribution in [1.82, 2.24) is 4.90 Å². The van der Waals surface area contributed by atoms with Gasteiger partial charge in [-0.1, -0.05) is 0 Å². The van der Waals surface area contributed by atoms with Gasteiger partial charge in [0.25, 0.3) is 11.1 Å². The van der Waals surface area contributed by atoms with Gasteiger partial charge in [0.1, 0.15) is 0 Å². The maximum absolute atomic E-state index is 11.9. The number of rotatable bonds is 3. The van der Waals surface area contributed by atoms with Gasteiger partial charge < -0.3 is 0 Å². The van der Waals surface area contributed by atoms with Crippen molar-refractivity contribution in [1.29, 1.82) is 0 Å². The molecule has 0 atom stereocenters. The monoisotopic (exact) mass is 310 g/mol. The first-order chi connectivity index (χ1) is 9.11. The molecule has 0 saturated carbocycles. The molecule has 3 nitrogen and oxygen atoms in total. The second-order valence-corrected chi connectivity index (χ2v) is 4.96. The van der Waals surface area contributed by atoms with E-state index in [1.54, 1.807) is 13.0 Å². The molecule has 0 aromatic heterocycles. The Hall–Kier alpha value is -0.304. The molecule has 1 heterocycles. The smallest absolute Gasteiger partial charge is 0.270 e. The van der Waals surface area contributed by atoms with Crippen LogP contribution in [0.2, 0.25) is 0 Å². The van der Waals surface area contributed by atoms with Gasteiger partial charge >= 0.3 is 51.4 Å². The van der Waals surface area contributed by atoms with Crippen LogP contribution in [0.4, 0.5) is 4.79 Å². The van der Waals surface area contributed by atoms with E-state index in [-0.39, 0.29) is 62.5 Å². The second-order valence-electron chi connectivity index (χ2n) is 3.96. The Kier molecular flexibility index (Phi) is 7.29. The number of hydrogen-bond acceptors (Lipinski definition) is 3. The van der Waals surface area contributed by atoms with Crippen LogP contribution in [0, 0.1) is 13.0 Å². The predicted octanol–water partition coefficient (Wildman–Crippen LogP) is 0.307. The van der Waals surface area contributed by atoms with Gasteiger partial charge in [-0.05, 0) is 18.7 Å². The third-order valence-corrected chi connectivity index (χ3v) is 3.49. The van der Waals surface area contributed by atoms with Crippen LogP contribution in [0.3, 0.4) is 0 Å². The average Bonchev–Trinajstić information content (AvgIpc) is 2.65. The topological polar surface area (TPSA) is 37.4 Å². The standard InChI is InChI=1S/C15H13NO2S.K/c1-3-16-14(17)13(19-15(16)18)10-11(2)9-12-7-5-4-6-8-12;/h4-7,9-10H,2-3H2,1H3;/q-2;+1/b11-9+,13-10+;. The van der Waals surface area contributed by atoms with Crippen molar-refractivity contribution in [3.8, 4) is 0 Å². The normalized spacial score (nSPS) is 17.6. The molecule has 98 valence electrons. The molecule has 0 radical (unpaired) electrons. The summed E-state index contributed by atoms with van der Waals surface area (Å²) in [4.78, 5) is 25.1. The molecule has 20 heavy (non-hydrogen) atoms. The first-order valence-corrected chi connectivity index (χ1v) is 6.69. The van der Waals surface area contributed by atoms with E-state index in [1.807, 2.05) is 30.3 Å². The van der Waals surface area contributed by atoms with Crippen molar-refractivity contribution in [3.63, 3.8) is 0 Å². The molecule has 1 fully saturated rings. The zero-order valence-corrected chi connectivity index (χ0v) is 15.5. The number of carbonyl (C=O) groups excluding carboxylic acids is 2. The predicted molar refractivity (Wildman–Crippen MR) is 77.1 cm³/mol. The molecule has 1 aromatic rings. The Morgan fingerprint density at radius 1 is 1.45 bits per heavy atom. The van der Waals surface area contributed by atoms with Crippen molar-refractivity contribution >= 4 is 29.0 Å². The zero-order chi connectivity index (χ0) is 13.8. The van der Waals surface area contributed by atoms with E-state index < -0.39 is 0 Å². The minimum atomic E-state index is -0.246. The number of benzene rings is 1. The Balaban J connectivity index is 0.00000200. The Bertz CT molecular complexity index is 566. The number of amides is 2. The number of allylic oxidation sites excluding steroid dienone is 2. The summed E-state index contributed by atoms with van der Waals surface area (Å²) in [6, 6.07) is 10.5.